The van der Waals surface area contributed by atoms with Gasteiger partial charge < -0.3 is 19.3 Å². The Morgan fingerprint density at radius 3 is 2.32 bits per heavy atom. The van der Waals surface area contributed by atoms with Crippen molar-refractivity contribution in [1.82, 2.24) is 19.4 Å². The zero-order valence-electron chi connectivity index (χ0n) is 25.0. The van der Waals surface area contributed by atoms with Crippen LogP contribution in [-0.2, 0) is 23.6 Å². The third-order valence-corrected chi connectivity index (χ3v) is 8.00. The number of ether oxygens (including phenoxy) is 1. The van der Waals surface area contributed by atoms with Crippen molar-refractivity contribution in [2.45, 2.75) is 90.2 Å². The van der Waals surface area contributed by atoms with E-state index in [-0.39, 0.29) is 35.7 Å². The SMILES string of the molecule is COc1nc(C2(O)CC(C)(C)N(C(C)=O)C(C)(C)C2)cc2c(=N[C@H](C)c3cccc(C(F)(F)F)c3C)ncn(C)c12. The monoisotopic (exact) mass is 573 g/mol. The standard InChI is InChI=1S/C30H38F3N5O3/c1-17-20(11-10-12-22(17)30(31,32)33)18(2)35-25-21-13-23(36-26(41-9)24(21)37(8)16-34-25)29(40)14-27(4,5)38(19(3)39)28(6,7)15-29/h10-13,16,18,40H,14-15H2,1-9H3/t18-/m1/s1. The predicted molar refractivity (Wildman–Crippen MR) is 149 cm³/mol. The number of halogens is 3. The van der Waals surface area contributed by atoms with E-state index in [1.807, 2.05) is 27.7 Å². The molecule has 8 nitrogen and oxygen atoms in total. The van der Waals surface area contributed by atoms with Gasteiger partial charge in [0.25, 0.3) is 0 Å². The van der Waals surface area contributed by atoms with Gasteiger partial charge in [0.1, 0.15) is 11.1 Å². The quantitative estimate of drug-likeness (QED) is 0.454. The molecule has 4 rings (SSSR count). The maximum Gasteiger partial charge on any atom is 0.416 e. The predicted octanol–water partition coefficient (Wildman–Crippen LogP) is 5.35. The molecule has 3 heterocycles. The van der Waals surface area contributed by atoms with E-state index in [9.17, 15) is 23.1 Å². The molecule has 1 aliphatic rings. The third-order valence-electron chi connectivity index (χ3n) is 8.00. The highest BCUT2D eigenvalue weighted by Gasteiger charge is 2.54. The Morgan fingerprint density at radius 1 is 1.17 bits per heavy atom. The fraction of sp³-hybridized carbons (Fsp3) is 0.533. The molecule has 2 aromatic heterocycles. The van der Waals surface area contributed by atoms with Crippen molar-refractivity contribution in [1.29, 1.82) is 0 Å². The second-order valence-electron chi connectivity index (χ2n) is 12.3. The van der Waals surface area contributed by atoms with Crippen molar-refractivity contribution >= 4 is 16.8 Å². The van der Waals surface area contributed by atoms with Crippen LogP contribution in [0.5, 0.6) is 5.88 Å². The summed E-state index contributed by atoms with van der Waals surface area (Å²) in [5, 5.41) is 12.7. The van der Waals surface area contributed by atoms with Crippen LogP contribution in [-0.4, -0.2) is 48.6 Å². The van der Waals surface area contributed by atoms with E-state index in [0.29, 0.717) is 22.2 Å². The number of aromatic nitrogens is 3. The number of carbonyl (C=O) groups is 1. The number of likely N-dealkylation sites (tertiary alicyclic amines) is 1. The Morgan fingerprint density at radius 2 is 1.78 bits per heavy atom. The average molecular weight is 574 g/mol. The lowest BCUT2D eigenvalue weighted by Crippen LogP contribution is -2.66. The Labute approximate surface area is 237 Å². The molecule has 1 N–H and O–H groups in total. The van der Waals surface area contributed by atoms with Crippen LogP contribution < -0.4 is 10.2 Å². The lowest BCUT2D eigenvalue weighted by molar-refractivity contribution is -0.168. The van der Waals surface area contributed by atoms with Gasteiger partial charge in [0.2, 0.25) is 11.8 Å². The summed E-state index contributed by atoms with van der Waals surface area (Å²) in [6.45, 7) is 12.4. The molecule has 0 bridgehead atoms. The van der Waals surface area contributed by atoms with Crippen molar-refractivity contribution in [3.8, 4) is 5.88 Å². The smallest absolute Gasteiger partial charge is 0.416 e. The van der Waals surface area contributed by atoms with Crippen LogP contribution in [0.4, 0.5) is 13.2 Å². The van der Waals surface area contributed by atoms with E-state index in [4.69, 9.17) is 14.7 Å². The van der Waals surface area contributed by atoms with E-state index in [1.165, 1.54) is 27.0 Å². The van der Waals surface area contributed by atoms with Crippen molar-refractivity contribution < 1.29 is 27.8 Å². The summed E-state index contributed by atoms with van der Waals surface area (Å²) < 4.78 is 48.1. The Kier molecular flexibility index (Phi) is 7.52. The molecule has 3 aromatic rings. The fourth-order valence-electron chi connectivity index (χ4n) is 6.95. The van der Waals surface area contributed by atoms with E-state index in [2.05, 4.69) is 4.98 Å². The summed E-state index contributed by atoms with van der Waals surface area (Å²) in [4.78, 5) is 28.3. The molecule has 0 radical (unpaired) electrons. The first-order valence-corrected chi connectivity index (χ1v) is 13.5. The zero-order valence-corrected chi connectivity index (χ0v) is 25.0. The Balaban J connectivity index is 1.93. The minimum absolute atomic E-state index is 0.0812. The maximum absolute atomic E-state index is 13.6. The molecule has 0 unspecified atom stereocenters. The lowest BCUT2D eigenvalue weighted by Gasteiger charge is -2.57. The van der Waals surface area contributed by atoms with Gasteiger partial charge in [-0.3, -0.25) is 9.79 Å². The molecule has 1 aliphatic heterocycles. The number of aliphatic hydroxyl groups is 1. The topological polar surface area (TPSA) is 92.8 Å². The number of methoxy groups -OCH3 is 1. The number of amides is 1. The van der Waals surface area contributed by atoms with Crippen molar-refractivity contribution in [2.75, 3.05) is 7.11 Å². The zero-order chi connectivity index (χ0) is 30.7. The first-order valence-electron chi connectivity index (χ1n) is 13.5. The summed E-state index contributed by atoms with van der Waals surface area (Å²) in [6, 6.07) is 5.15. The molecule has 1 amide bonds. The molecule has 0 saturated carbocycles. The van der Waals surface area contributed by atoms with Gasteiger partial charge >= 0.3 is 6.18 Å². The Bertz CT molecular complexity index is 1560. The number of rotatable bonds is 4. The number of nitrogens with zero attached hydrogens (tertiary/aromatic N) is 5. The Hall–Kier alpha value is -3.47. The molecule has 1 aromatic carbocycles. The molecule has 1 fully saturated rings. The number of hydrogen-bond acceptors (Lipinski definition) is 6. The van der Waals surface area contributed by atoms with Gasteiger partial charge in [-0.2, -0.15) is 13.2 Å². The van der Waals surface area contributed by atoms with Crippen LogP contribution >= 0.6 is 0 Å². The first kappa shape index (κ1) is 30.5. The van der Waals surface area contributed by atoms with Gasteiger partial charge in [0.05, 0.1) is 36.1 Å². The summed E-state index contributed by atoms with van der Waals surface area (Å²) in [7, 11) is 3.25. The highest BCUT2D eigenvalue weighted by Crippen LogP contribution is 2.48. The number of pyridine rings is 1. The van der Waals surface area contributed by atoms with Crippen molar-refractivity contribution in [3.63, 3.8) is 0 Å². The van der Waals surface area contributed by atoms with Gasteiger partial charge in [-0.05, 0) is 64.8 Å². The molecular weight excluding hydrogens is 535 g/mol. The van der Waals surface area contributed by atoms with Crippen molar-refractivity contribution in [2.24, 2.45) is 12.0 Å². The summed E-state index contributed by atoms with van der Waals surface area (Å²) >= 11 is 0. The third kappa shape index (κ3) is 5.43. The molecule has 1 saturated heterocycles. The normalized spacial score (nSPS) is 19.3. The molecule has 11 heteroatoms. The second-order valence-corrected chi connectivity index (χ2v) is 12.3. The molecule has 0 spiro atoms. The minimum atomic E-state index is -4.48. The fourth-order valence-corrected chi connectivity index (χ4v) is 6.95. The number of fused-ring (bicyclic) bond motifs is 1. The lowest BCUT2D eigenvalue weighted by atomic mass is 9.69. The summed E-state index contributed by atoms with van der Waals surface area (Å²) in [5.74, 6) is 0.169. The molecular formula is C30H38F3N5O3. The highest BCUT2D eigenvalue weighted by atomic mass is 19.4. The summed E-state index contributed by atoms with van der Waals surface area (Å²) in [6.07, 6.45) is -2.48. The summed E-state index contributed by atoms with van der Waals surface area (Å²) in [5.41, 5.74) is -1.75. The van der Waals surface area contributed by atoms with Crippen molar-refractivity contribution in [3.05, 3.63) is 58.5 Å². The number of alkyl halides is 3. The largest absolute Gasteiger partial charge is 0.479 e. The molecule has 0 aliphatic carbocycles. The maximum atomic E-state index is 13.6. The molecule has 222 valence electrons. The first-order chi connectivity index (χ1) is 18.8. The number of piperidine rings is 1. The second kappa shape index (κ2) is 10.1. The van der Waals surface area contributed by atoms with Crippen LogP contribution in [0.2, 0.25) is 0 Å². The number of hydrogen-bond donors (Lipinski definition) is 1. The minimum Gasteiger partial charge on any atom is -0.479 e. The van der Waals surface area contributed by atoms with Crippen LogP contribution in [0.25, 0.3) is 10.9 Å². The van der Waals surface area contributed by atoms with Crippen LogP contribution in [0.3, 0.4) is 0 Å². The van der Waals surface area contributed by atoms with Crippen LogP contribution in [0, 0.1) is 6.92 Å². The number of carbonyl (C=O) groups excluding carboxylic acids is 1. The van der Waals surface area contributed by atoms with Gasteiger partial charge in [0.15, 0.2) is 5.49 Å². The van der Waals surface area contributed by atoms with E-state index in [0.717, 1.165) is 6.07 Å². The highest BCUT2D eigenvalue weighted by molar-refractivity contribution is 5.83. The van der Waals surface area contributed by atoms with Gasteiger partial charge in [0, 0.05) is 37.9 Å². The average Bonchev–Trinajstić information content (AvgIpc) is 2.82. The van der Waals surface area contributed by atoms with Crippen LogP contribution in [0.1, 0.15) is 82.8 Å². The van der Waals surface area contributed by atoms with E-state index in [1.54, 1.807) is 41.9 Å². The van der Waals surface area contributed by atoms with Gasteiger partial charge in [-0.1, -0.05) is 12.1 Å². The van der Waals surface area contributed by atoms with Gasteiger partial charge in [-0.15, -0.1) is 0 Å². The van der Waals surface area contributed by atoms with E-state index < -0.39 is 34.5 Å². The molecule has 41 heavy (non-hydrogen) atoms. The van der Waals surface area contributed by atoms with Gasteiger partial charge in [-0.25, -0.2) is 9.97 Å². The van der Waals surface area contributed by atoms with E-state index >= 15 is 0 Å². The number of aryl methyl sites for hydroxylation is 1. The molecule has 1 atom stereocenters. The number of benzene rings is 1. The van der Waals surface area contributed by atoms with Crippen LogP contribution in [0.15, 0.2) is 35.6 Å².